The van der Waals surface area contributed by atoms with Gasteiger partial charge in [-0.05, 0) is 37.1 Å². The van der Waals surface area contributed by atoms with E-state index in [0.717, 1.165) is 12.8 Å². The monoisotopic (exact) mass is 267 g/mol. The Kier molecular flexibility index (Phi) is 6.81. The molecule has 1 atom stereocenters. The Morgan fingerprint density at radius 3 is 2.44 bits per heavy atom. The third-order valence-electron chi connectivity index (χ3n) is 3.09. The van der Waals surface area contributed by atoms with Gasteiger partial charge >= 0.3 is 0 Å². The first-order chi connectivity index (χ1) is 8.67. The molecule has 0 bridgehead atoms. The lowest BCUT2D eigenvalue weighted by Gasteiger charge is -2.16. The van der Waals surface area contributed by atoms with Gasteiger partial charge in [0.05, 0.1) is 0 Å². The van der Waals surface area contributed by atoms with Gasteiger partial charge in [0, 0.05) is 16.6 Å². The maximum Gasteiger partial charge on any atom is 0.251 e. The Bertz CT molecular complexity index is 361. The second-order valence-electron chi connectivity index (χ2n) is 4.58. The summed E-state index contributed by atoms with van der Waals surface area (Å²) in [4.78, 5) is 12.0. The third kappa shape index (κ3) is 5.09. The number of unbranched alkanes of at least 4 members (excludes halogenated alkanes) is 2. The van der Waals surface area contributed by atoms with Gasteiger partial charge < -0.3 is 5.32 Å². The quantitative estimate of drug-likeness (QED) is 0.728. The molecule has 0 aromatic heterocycles. The molecule has 1 rings (SSSR count). The summed E-state index contributed by atoms with van der Waals surface area (Å²) in [5.41, 5.74) is 0.674. The molecule has 1 amide bonds. The van der Waals surface area contributed by atoms with E-state index in [1.165, 1.54) is 19.3 Å². The number of nitrogens with one attached hydrogen (secondary N) is 1. The fourth-order valence-electron chi connectivity index (χ4n) is 1.89. The molecule has 1 aromatic rings. The highest BCUT2D eigenvalue weighted by molar-refractivity contribution is 6.30. The van der Waals surface area contributed by atoms with Crippen LogP contribution in [0.4, 0.5) is 0 Å². The van der Waals surface area contributed by atoms with Crippen LogP contribution < -0.4 is 5.32 Å². The van der Waals surface area contributed by atoms with Crippen LogP contribution in [0, 0.1) is 0 Å². The van der Waals surface area contributed by atoms with E-state index in [4.69, 9.17) is 11.6 Å². The molecule has 1 aromatic carbocycles. The van der Waals surface area contributed by atoms with Crippen molar-refractivity contribution in [1.29, 1.82) is 0 Å². The SMILES string of the molecule is CCCCCC(CC)NC(=O)c1ccc(Cl)cc1. The molecule has 100 valence electrons. The van der Waals surface area contributed by atoms with Crippen molar-refractivity contribution in [2.45, 2.75) is 52.0 Å². The van der Waals surface area contributed by atoms with Crippen LogP contribution in [0.5, 0.6) is 0 Å². The first-order valence-electron chi connectivity index (χ1n) is 6.73. The highest BCUT2D eigenvalue weighted by atomic mass is 35.5. The Labute approximate surface area is 115 Å². The molecular formula is C15H22ClNO. The molecule has 0 radical (unpaired) electrons. The van der Waals surface area contributed by atoms with Crippen LogP contribution in [0.1, 0.15) is 56.3 Å². The number of rotatable bonds is 7. The van der Waals surface area contributed by atoms with Gasteiger partial charge in [0.25, 0.3) is 5.91 Å². The zero-order valence-corrected chi connectivity index (χ0v) is 12.0. The molecule has 0 aliphatic carbocycles. The van der Waals surface area contributed by atoms with Gasteiger partial charge in [0.15, 0.2) is 0 Å². The minimum Gasteiger partial charge on any atom is -0.349 e. The van der Waals surface area contributed by atoms with Crippen LogP contribution in [-0.4, -0.2) is 11.9 Å². The Hall–Kier alpha value is -1.02. The summed E-state index contributed by atoms with van der Waals surface area (Å²) in [6.45, 7) is 4.30. The Morgan fingerprint density at radius 2 is 1.89 bits per heavy atom. The molecule has 1 unspecified atom stereocenters. The molecule has 0 aliphatic heterocycles. The Morgan fingerprint density at radius 1 is 1.22 bits per heavy atom. The fraction of sp³-hybridized carbons (Fsp3) is 0.533. The van der Waals surface area contributed by atoms with Crippen molar-refractivity contribution in [1.82, 2.24) is 5.32 Å². The third-order valence-corrected chi connectivity index (χ3v) is 3.34. The highest BCUT2D eigenvalue weighted by Gasteiger charge is 2.11. The minimum atomic E-state index is -0.00462. The smallest absolute Gasteiger partial charge is 0.251 e. The molecule has 0 fully saturated rings. The van der Waals surface area contributed by atoms with E-state index < -0.39 is 0 Å². The summed E-state index contributed by atoms with van der Waals surface area (Å²) >= 11 is 5.80. The largest absolute Gasteiger partial charge is 0.349 e. The number of amides is 1. The molecule has 0 saturated carbocycles. The maximum absolute atomic E-state index is 12.0. The van der Waals surface area contributed by atoms with Crippen molar-refractivity contribution < 1.29 is 4.79 Å². The van der Waals surface area contributed by atoms with E-state index >= 15 is 0 Å². The average Bonchev–Trinajstić information content (AvgIpc) is 2.38. The van der Waals surface area contributed by atoms with Crippen LogP contribution >= 0.6 is 11.6 Å². The number of carbonyl (C=O) groups excluding carboxylic acids is 1. The van der Waals surface area contributed by atoms with Gasteiger partial charge in [-0.1, -0.05) is 44.7 Å². The lowest BCUT2D eigenvalue weighted by Crippen LogP contribution is -2.34. The fourth-order valence-corrected chi connectivity index (χ4v) is 2.02. The lowest BCUT2D eigenvalue weighted by atomic mass is 10.1. The molecule has 2 nitrogen and oxygen atoms in total. The first-order valence-corrected chi connectivity index (χ1v) is 7.11. The molecule has 0 heterocycles. The van der Waals surface area contributed by atoms with Gasteiger partial charge in [0.1, 0.15) is 0 Å². The molecule has 0 saturated heterocycles. The molecule has 18 heavy (non-hydrogen) atoms. The van der Waals surface area contributed by atoms with Gasteiger partial charge in [-0.3, -0.25) is 4.79 Å². The van der Waals surface area contributed by atoms with E-state index in [-0.39, 0.29) is 11.9 Å². The van der Waals surface area contributed by atoms with Crippen molar-refractivity contribution in [3.8, 4) is 0 Å². The van der Waals surface area contributed by atoms with Crippen LogP contribution in [0.2, 0.25) is 5.02 Å². The molecular weight excluding hydrogens is 246 g/mol. The maximum atomic E-state index is 12.0. The zero-order chi connectivity index (χ0) is 13.4. The van der Waals surface area contributed by atoms with Crippen LogP contribution in [0.25, 0.3) is 0 Å². The second kappa shape index (κ2) is 8.15. The van der Waals surface area contributed by atoms with Gasteiger partial charge in [-0.2, -0.15) is 0 Å². The van der Waals surface area contributed by atoms with E-state index in [9.17, 15) is 4.79 Å². The molecule has 3 heteroatoms. The van der Waals surface area contributed by atoms with E-state index in [0.29, 0.717) is 10.6 Å². The van der Waals surface area contributed by atoms with Crippen molar-refractivity contribution in [2.24, 2.45) is 0 Å². The predicted molar refractivity (Wildman–Crippen MR) is 77.1 cm³/mol. The lowest BCUT2D eigenvalue weighted by molar-refractivity contribution is 0.0933. The average molecular weight is 268 g/mol. The van der Waals surface area contributed by atoms with Crippen molar-refractivity contribution in [3.63, 3.8) is 0 Å². The summed E-state index contributed by atoms with van der Waals surface area (Å²) in [5.74, 6) is -0.00462. The molecule has 1 N–H and O–H groups in total. The second-order valence-corrected chi connectivity index (χ2v) is 5.02. The highest BCUT2D eigenvalue weighted by Crippen LogP contribution is 2.11. The number of hydrogen-bond donors (Lipinski definition) is 1. The summed E-state index contributed by atoms with van der Waals surface area (Å²) in [5, 5.41) is 3.73. The first kappa shape index (κ1) is 15.0. The summed E-state index contributed by atoms with van der Waals surface area (Å²) in [6, 6.07) is 7.29. The van der Waals surface area contributed by atoms with E-state index in [1.54, 1.807) is 24.3 Å². The standard InChI is InChI=1S/C15H22ClNO/c1-3-5-6-7-14(4-2)17-15(18)12-8-10-13(16)11-9-12/h8-11,14H,3-7H2,1-2H3,(H,17,18). The number of hydrogen-bond acceptors (Lipinski definition) is 1. The Balaban J connectivity index is 2.48. The van der Waals surface area contributed by atoms with Crippen molar-refractivity contribution >= 4 is 17.5 Å². The summed E-state index contributed by atoms with van der Waals surface area (Å²) < 4.78 is 0. The molecule has 0 aliphatic rings. The molecule has 0 spiro atoms. The topological polar surface area (TPSA) is 29.1 Å². The van der Waals surface area contributed by atoms with Crippen LogP contribution in [0.3, 0.4) is 0 Å². The van der Waals surface area contributed by atoms with Crippen molar-refractivity contribution in [2.75, 3.05) is 0 Å². The van der Waals surface area contributed by atoms with Crippen molar-refractivity contribution in [3.05, 3.63) is 34.9 Å². The number of benzene rings is 1. The minimum absolute atomic E-state index is 0.00462. The normalized spacial score (nSPS) is 12.2. The zero-order valence-electron chi connectivity index (χ0n) is 11.2. The number of carbonyl (C=O) groups is 1. The van der Waals surface area contributed by atoms with E-state index in [2.05, 4.69) is 19.2 Å². The van der Waals surface area contributed by atoms with Gasteiger partial charge in [0.2, 0.25) is 0 Å². The van der Waals surface area contributed by atoms with Gasteiger partial charge in [-0.15, -0.1) is 0 Å². The predicted octanol–water partition coefficient (Wildman–Crippen LogP) is 4.43. The van der Waals surface area contributed by atoms with Gasteiger partial charge in [-0.25, -0.2) is 0 Å². The van der Waals surface area contributed by atoms with E-state index in [1.807, 2.05) is 0 Å². The summed E-state index contributed by atoms with van der Waals surface area (Å²) in [6.07, 6.45) is 5.65. The summed E-state index contributed by atoms with van der Waals surface area (Å²) in [7, 11) is 0. The van der Waals surface area contributed by atoms with Crippen LogP contribution in [0.15, 0.2) is 24.3 Å². The van der Waals surface area contributed by atoms with Crippen LogP contribution in [-0.2, 0) is 0 Å². The number of halogens is 1.